The summed E-state index contributed by atoms with van der Waals surface area (Å²) in [6.45, 7) is 1.80. The Bertz CT molecular complexity index is 1170. The van der Waals surface area contributed by atoms with E-state index in [-0.39, 0.29) is 27.5 Å². The van der Waals surface area contributed by atoms with Gasteiger partial charge in [-0.15, -0.1) is 0 Å². The highest BCUT2D eigenvalue weighted by molar-refractivity contribution is 8.26. The molecular weight excluding hydrogens is 450 g/mol. The average molecular weight is 470 g/mol. The molecule has 0 saturated heterocycles. The third-order valence-corrected chi connectivity index (χ3v) is 5.04. The zero-order valence-electron chi connectivity index (χ0n) is 17.3. The highest BCUT2D eigenvalue weighted by atomic mass is 35.5. The highest BCUT2D eigenvalue weighted by Crippen LogP contribution is 2.34. The topological polar surface area (TPSA) is 124 Å². The molecule has 0 aliphatic carbocycles. The minimum absolute atomic E-state index is 0.00312. The molecule has 0 unspecified atom stereocenters. The second kappa shape index (κ2) is 10.7. The largest absolute Gasteiger partial charge is 0.494 e. The molecule has 1 aromatic carbocycles. The number of aryl methyl sites for hydroxylation is 1. The molecular formula is C22H20ClN5O3S. The Kier molecular flexibility index (Phi) is 7.80. The maximum absolute atomic E-state index is 12.9. The van der Waals surface area contributed by atoms with Crippen molar-refractivity contribution >= 4 is 39.5 Å². The summed E-state index contributed by atoms with van der Waals surface area (Å²) >= 11 is 6.90. The molecule has 0 spiro atoms. The normalized spacial score (nSPS) is 11.2. The highest BCUT2D eigenvalue weighted by Gasteiger charge is 2.18. The van der Waals surface area contributed by atoms with E-state index in [1.165, 1.54) is 19.5 Å². The zero-order valence-corrected chi connectivity index (χ0v) is 18.9. The van der Waals surface area contributed by atoms with Gasteiger partial charge in [0, 0.05) is 23.0 Å². The van der Waals surface area contributed by atoms with Crippen molar-refractivity contribution < 1.29 is 14.3 Å². The fourth-order valence-electron chi connectivity index (χ4n) is 2.75. The number of halogens is 1. The molecule has 0 aliphatic rings. The first kappa shape index (κ1) is 23.2. The SMILES string of the molecule is COc1cnc(Cl)cc1-c1cc(C)ncc1C(=O)N=C(N)SC(=N)COc1ccccc1. The van der Waals surface area contributed by atoms with Gasteiger partial charge in [0.25, 0.3) is 5.91 Å². The fraction of sp³-hybridized carbons (Fsp3) is 0.136. The van der Waals surface area contributed by atoms with Gasteiger partial charge in [0.15, 0.2) is 5.17 Å². The van der Waals surface area contributed by atoms with Crippen molar-refractivity contribution in [1.29, 1.82) is 5.41 Å². The number of nitrogens with one attached hydrogen (secondary N) is 1. The van der Waals surface area contributed by atoms with E-state index in [1.54, 1.807) is 31.2 Å². The summed E-state index contributed by atoms with van der Waals surface area (Å²) in [7, 11) is 1.50. The molecule has 0 radical (unpaired) electrons. The molecule has 3 rings (SSSR count). The number of hydrogen-bond donors (Lipinski definition) is 2. The lowest BCUT2D eigenvalue weighted by Gasteiger charge is -2.12. The molecule has 0 bridgehead atoms. The predicted octanol–water partition coefficient (Wildman–Crippen LogP) is 4.36. The van der Waals surface area contributed by atoms with Crippen LogP contribution in [0.25, 0.3) is 11.1 Å². The van der Waals surface area contributed by atoms with E-state index in [0.717, 1.165) is 11.8 Å². The van der Waals surface area contributed by atoms with E-state index >= 15 is 0 Å². The lowest BCUT2D eigenvalue weighted by atomic mass is 10.0. The number of aromatic nitrogens is 2. The molecule has 3 N–H and O–H groups in total. The molecule has 164 valence electrons. The quantitative estimate of drug-likeness (QED) is 0.312. The number of methoxy groups -OCH3 is 1. The number of ether oxygens (including phenoxy) is 2. The number of carbonyl (C=O) groups excluding carboxylic acids is 1. The van der Waals surface area contributed by atoms with Crippen molar-refractivity contribution in [3.63, 3.8) is 0 Å². The van der Waals surface area contributed by atoms with Crippen LogP contribution in [0.5, 0.6) is 11.5 Å². The van der Waals surface area contributed by atoms with Crippen LogP contribution < -0.4 is 15.2 Å². The Balaban J connectivity index is 1.79. The van der Waals surface area contributed by atoms with Crippen molar-refractivity contribution in [3.8, 4) is 22.6 Å². The summed E-state index contributed by atoms with van der Waals surface area (Å²) in [5.41, 5.74) is 7.92. The zero-order chi connectivity index (χ0) is 23.1. The molecule has 2 heterocycles. The van der Waals surface area contributed by atoms with Crippen molar-refractivity contribution in [2.45, 2.75) is 6.92 Å². The van der Waals surface area contributed by atoms with Crippen molar-refractivity contribution in [1.82, 2.24) is 9.97 Å². The first-order chi connectivity index (χ1) is 15.4. The Hall–Kier alpha value is -3.43. The number of benzene rings is 1. The van der Waals surface area contributed by atoms with E-state index in [1.807, 2.05) is 18.2 Å². The number of nitrogens with zero attached hydrogens (tertiary/aromatic N) is 3. The molecule has 0 atom stereocenters. The maximum Gasteiger partial charge on any atom is 0.281 e. The van der Waals surface area contributed by atoms with E-state index in [4.69, 9.17) is 32.2 Å². The van der Waals surface area contributed by atoms with Crippen LogP contribution >= 0.6 is 23.4 Å². The molecule has 32 heavy (non-hydrogen) atoms. The average Bonchev–Trinajstić information content (AvgIpc) is 2.78. The molecule has 8 nitrogen and oxygen atoms in total. The van der Waals surface area contributed by atoms with E-state index in [0.29, 0.717) is 28.3 Å². The van der Waals surface area contributed by atoms with Crippen molar-refractivity contribution in [2.75, 3.05) is 13.7 Å². The number of amidine groups is 1. The monoisotopic (exact) mass is 469 g/mol. The van der Waals surface area contributed by atoms with Gasteiger partial charge in [0.05, 0.1) is 18.9 Å². The van der Waals surface area contributed by atoms with Gasteiger partial charge in [0.1, 0.15) is 28.3 Å². The second-order valence-electron chi connectivity index (χ2n) is 6.46. The molecule has 2 aromatic heterocycles. The molecule has 1 amide bonds. The Morgan fingerprint density at radius 3 is 2.66 bits per heavy atom. The molecule has 3 aromatic rings. The molecule has 0 fully saturated rings. The van der Waals surface area contributed by atoms with Gasteiger partial charge in [-0.3, -0.25) is 15.2 Å². The van der Waals surface area contributed by atoms with E-state index in [9.17, 15) is 4.79 Å². The lowest BCUT2D eigenvalue weighted by Crippen LogP contribution is -2.16. The first-order valence-corrected chi connectivity index (χ1v) is 10.5. The standard InChI is InChI=1S/C22H20ClN5O3S/c1-13-8-15(16-9-19(23)27-11-18(16)30-2)17(10-26-13)21(29)28-22(25)32-20(24)12-31-14-6-4-3-5-7-14/h3-11,24H,12H2,1-2H3,(H2,25,28,29). The van der Waals surface area contributed by atoms with Gasteiger partial charge in [0.2, 0.25) is 0 Å². The number of hydrogen-bond acceptors (Lipinski definition) is 7. The number of pyridine rings is 2. The molecule has 10 heteroatoms. The number of thioether (sulfide) groups is 1. The number of para-hydroxylation sites is 1. The van der Waals surface area contributed by atoms with Crippen LogP contribution in [0, 0.1) is 12.3 Å². The van der Waals surface area contributed by atoms with Crippen molar-refractivity contribution in [2.24, 2.45) is 10.7 Å². The van der Waals surface area contributed by atoms with E-state index in [2.05, 4.69) is 15.0 Å². The predicted molar refractivity (Wildman–Crippen MR) is 127 cm³/mol. The Labute approximate surface area is 194 Å². The van der Waals surface area contributed by atoms with Crippen LogP contribution in [-0.4, -0.2) is 39.8 Å². The summed E-state index contributed by atoms with van der Waals surface area (Å²) in [5.74, 6) is 0.467. The van der Waals surface area contributed by atoms with Crippen LogP contribution in [0.4, 0.5) is 0 Å². The number of carbonyl (C=O) groups is 1. The van der Waals surface area contributed by atoms with Crippen LogP contribution in [-0.2, 0) is 0 Å². The smallest absolute Gasteiger partial charge is 0.281 e. The van der Waals surface area contributed by atoms with E-state index < -0.39 is 5.91 Å². The number of rotatable bonds is 6. The first-order valence-electron chi connectivity index (χ1n) is 9.35. The maximum atomic E-state index is 12.9. The summed E-state index contributed by atoms with van der Waals surface area (Å²) in [5, 5.41) is 8.29. The fourth-order valence-corrected chi connectivity index (χ4v) is 3.40. The summed E-state index contributed by atoms with van der Waals surface area (Å²) in [4.78, 5) is 25.0. The van der Waals surface area contributed by atoms with Gasteiger partial charge in [-0.2, -0.15) is 4.99 Å². The van der Waals surface area contributed by atoms with Gasteiger partial charge in [-0.05, 0) is 43.0 Å². The lowest BCUT2D eigenvalue weighted by molar-refractivity contribution is 0.100. The minimum atomic E-state index is -0.607. The third-order valence-electron chi connectivity index (χ3n) is 4.17. The van der Waals surface area contributed by atoms with Gasteiger partial charge >= 0.3 is 0 Å². The molecule has 0 saturated carbocycles. The van der Waals surface area contributed by atoms with Crippen LogP contribution in [0.1, 0.15) is 16.1 Å². The number of aliphatic imine (C=N–C) groups is 1. The summed E-state index contributed by atoms with van der Waals surface area (Å²) in [6.07, 6.45) is 2.90. The third kappa shape index (κ3) is 6.05. The summed E-state index contributed by atoms with van der Waals surface area (Å²) in [6, 6.07) is 12.4. The number of nitrogens with two attached hydrogens (primary N) is 1. The van der Waals surface area contributed by atoms with Gasteiger partial charge < -0.3 is 15.2 Å². The van der Waals surface area contributed by atoms with Crippen LogP contribution in [0.2, 0.25) is 5.15 Å². The van der Waals surface area contributed by atoms with Gasteiger partial charge in [-0.1, -0.05) is 29.8 Å². The van der Waals surface area contributed by atoms with Crippen LogP contribution in [0.3, 0.4) is 0 Å². The second-order valence-corrected chi connectivity index (χ2v) is 7.96. The van der Waals surface area contributed by atoms with Crippen LogP contribution in [0.15, 0.2) is 59.9 Å². The Morgan fingerprint density at radius 2 is 1.94 bits per heavy atom. The number of amides is 1. The Morgan fingerprint density at radius 1 is 1.19 bits per heavy atom. The van der Waals surface area contributed by atoms with Gasteiger partial charge in [-0.25, -0.2) is 4.98 Å². The van der Waals surface area contributed by atoms with Crippen molar-refractivity contribution in [3.05, 3.63) is 71.3 Å². The molecule has 0 aliphatic heterocycles. The minimum Gasteiger partial charge on any atom is -0.494 e. The summed E-state index contributed by atoms with van der Waals surface area (Å²) < 4.78 is 10.9.